The molecule has 1 aliphatic heterocycles. The number of imidazole rings is 1. The fourth-order valence-electron chi connectivity index (χ4n) is 5.46. The minimum Gasteiger partial charge on any atom is -0.444 e. The number of amides is 1. The summed E-state index contributed by atoms with van der Waals surface area (Å²) >= 11 is 6.84. The molecule has 1 amide bonds. The van der Waals surface area contributed by atoms with Gasteiger partial charge in [0, 0.05) is 11.8 Å². The molecule has 190 valence electrons. The van der Waals surface area contributed by atoms with Crippen molar-refractivity contribution in [3.8, 4) is 17.1 Å². The van der Waals surface area contributed by atoms with E-state index in [9.17, 15) is 4.79 Å². The summed E-state index contributed by atoms with van der Waals surface area (Å²) in [5.41, 5.74) is 5.16. The Hall–Kier alpha value is -3.58. The van der Waals surface area contributed by atoms with Crippen molar-refractivity contribution in [1.29, 1.82) is 0 Å². The molecule has 1 fully saturated rings. The quantitative estimate of drug-likeness (QED) is 0.301. The SMILES string of the molecule is CC(C)(C)OC(=O)NC1(C2=CC=C(c3c(Cl)nc4n3-c3cccnc3Nc3ccccc3-4)CC2)CCC1. The molecule has 6 rings (SSSR count). The summed E-state index contributed by atoms with van der Waals surface area (Å²) in [6.07, 6.45) is 10.3. The highest BCUT2D eigenvalue weighted by atomic mass is 35.5. The van der Waals surface area contributed by atoms with Gasteiger partial charge in [0.1, 0.15) is 11.4 Å². The first kappa shape index (κ1) is 23.8. The second-order valence-corrected chi connectivity index (χ2v) is 11.3. The van der Waals surface area contributed by atoms with E-state index in [-0.39, 0.29) is 11.6 Å². The fraction of sp³-hybridized carbons (Fsp3) is 0.345. The highest BCUT2D eigenvalue weighted by Crippen LogP contribution is 2.46. The van der Waals surface area contributed by atoms with E-state index in [1.807, 2.05) is 57.2 Å². The van der Waals surface area contributed by atoms with Crippen LogP contribution in [0.4, 0.5) is 16.3 Å². The number of nitrogens with zero attached hydrogens (tertiary/aromatic N) is 3. The Bertz CT molecular complexity index is 1460. The second-order valence-electron chi connectivity index (χ2n) is 10.9. The van der Waals surface area contributed by atoms with E-state index in [2.05, 4.69) is 32.3 Å². The number of anilines is 2. The molecule has 1 saturated carbocycles. The monoisotopic (exact) mass is 515 g/mol. The summed E-state index contributed by atoms with van der Waals surface area (Å²) in [5.74, 6) is 1.54. The van der Waals surface area contributed by atoms with E-state index < -0.39 is 5.60 Å². The Labute approximate surface area is 221 Å². The van der Waals surface area contributed by atoms with Crippen LogP contribution in [0, 0.1) is 0 Å². The third-order valence-corrected chi connectivity index (χ3v) is 7.56. The minimum atomic E-state index is -0.530. The Morgan fingerprint density at radius 2 is 1.95 bits per heavy atom. The maximum absolute atomic E-state index is 12.6. The highest BCUT2D eigenvalue weighted by molar-refractivity contribution is 6.31. The number of pyridine rings is 1. The molecule has 8 heteroatoms. The van der Waals surface area contributed by atoms with Crippen molar-refractivity contribution in [2.24, 2.45) is 0 Å². The summed E-state index contributed by atoms with van der Waals surface area (Å²) < 4.78 is 7.68. The van der Waals surface area contributed by atoms with Gasteiger partial charge in [-0.25, -0.2) is 14.8 Å². The molecular weight excluding hydrogens is 486 g/mol. The zero-order valence-electron chi connectivity index (χ0n) is 21.3. The number of fused-ring (bicyclic) bond motifs is 5. The van der Waals surface area contributed by atoms with Crippen LogP contribution in [0.3, 0.4) is 0 Å². The number of hydrogen-bond acceptors (Lipinski definition) is 5. The number of para-hydroxylation sites is 1. The van der Waals surface area contributed by atoms with Gasteiger partial charge in [-0.3, -0.25) is 4.57 Å². The lowest BCUT2D eigenvalue weighted by Crippen LogP contribution is -2.56. The Morgan fingerprint density at radius 1 is 1.14 bits per heavy atom. The molecule has 1 aromatic carbocycles. The smallest absolute Gasteiger partial charge is 0.408 e. The average Bonchev–Trinajstić information content (AvgIpc) is 3.11. The molecule has 3 aromatic rings. The fourth-order valence-corrected chi connectivity index (χ4v) is 5.75. The molecule has 2 aromatic heterocycles. The van der Waals surface area contributed by atoms with Crippen molar-refractivity contribution in [3.63, 3.8) is 0 Å². The number of carbonyl (C=O) groups is 1. The number of allylic oxidation sites excluding steroid dienone is 3. The normalized spacial score (nSPS) is 17.5. The predicted molar refractivity (Wildman–Crippen MR) is 146 cm³/mol. The second kappa shape index (κ2) is 8.77. The van der Waals surface area contributed by atoms with Gasteiger partial charge in [-0.15, -0.1) is 0 Å². The molecule has 7 nitrogen and oxygen atoms in total. The van der Waals surface area contributed by atoms with Gasteiger partial charge >= 0.3 is 6.09 Å². The molecule has 3 aliphatic rings. The summed E-state index contributed by atoms with van der Waals surface area (Å²) in [7, 11) is 0. The van der Waals surface area contributed by atoms with Crippen molar-refractivity contribution in [3.05, 3.63) is 71.2 Å². The maximum atomic E-state index is 12.6. The van der Waals surface area contributed by atoms with E-state index in [4.69, 9.17) is 21.3 Å². The number of rotatable bonds is 3. The number of hydrogen-bond donors (Lipinski definition) is 2. The van der Waals surface area contributed by atoms with E-state index in [1.54, 1.807) is 6.20 Å². The van der Waals surface area contributed by atoms with Crippen molar-refractivity contribution in [2.75, 3.05) is 5.32 Å². The van der Waals surface area contributed by atoms with Crippen molar-refractivity contribution in [1.82, 2.24) is 19.9 Å². The summed E-state index contributed by atoms with van der Waals surface area (Å²) in [4.78, 5) is 22.0. The summed E-state index contributed by atoms with van der Waals surface area (Å²) in [6.45, 7) is 5.65. The van der Waals surface area contributed by atoms with Crippen LogP contribution in [0.15, 0.2) is 60.3 Å². The first-order chi connectivity index (χ1) is 17.7. The van der Waals surface area contributed by atoms with Crippen molar-refractivity contribution in [2.45, 2.75) is 64.0 Å². The molecule has 0 unspecified atom stereocenters. The molecule has 2 N–H and O–H groups in total. The molecule has 0 radical (unpaired) electrons. The Morgan fingerprint density at radius 3 is 2.65 bits per heavy atom. The van der Waals surface area contributed by atoms with Gasteiger partial charge in [0.15, 0.2) is 11.0 Å². The third-order valence-electron chi connectivity index (χ3n) is 7.30. The van der Waals surface area contributed by atoms with Gasteiger partial charge in [0.05, 0.1) is 22.6 Å². The van der Waals surface area contributed by atoms with E-state index in [0.717, 1.165) is 72.0 Å². The van der Waals surface area contributed by atoms with E-state index in [0.29, 0.717) is 5.15 Å². The zero-order valence-corrected chi connectivity index (χ0v) is 22.0. The predicted octanol–water partition coefficient (Wildman–Crippen LogP) is 7.20. The van der Waals surface area contributed by atoms with Crippen molar-refractivity contribution >= 4 is 34.8 Å². The molecule has 0 saturated heterocycles. The Kier molecular flexibility index (Phi) is 5.64. The number of ether oxygens (including phenoxy) is 1. The lowest BCUT2D eigenvalue weighted by atomic mass is 9.69. The minimum absolute atomic E-state index is 0.331. The van der Waals surface area contributed by atoms with Crippen LogP contribution >= 0.6 is 11.6 Å². The molecule has 0 spiro atoms. The van der Waals surface area contributed by atoms with Gasteiger partial charge in [-0.05, 0) is 88.3 Å². The highest BCUT2D eigenvalue weighted by Gasteiger charge is 2.43. The van der Waals surface area contributed by atoms with Gasteiger partial charge in [0.2, 0.25) is 0 Å². The maximum Gasteiger partial charge on any atom is 0.408 e. The van der Waals surface area contributed by atoms with Crippen LogP contribution < -0.4 is 10.6 Å². The standard InChI is InChI=1S/C29H30ClN5O2/c1-28(2,3)37-27(36)34-29(15-7-16-29)19-13-11-18(12-14-19)23-24(30)33-26-20-8-4-5-9-21(20)32-25-22(35(23)26)10-6-17-31-25/h4-6,8-11,13,17H,7,12,14-16H2,1-3H3,(H,31,32)(H,34,36). The third kappa shape index (κ3) is 4.21. The van der Waals surface area contributed by atoms with E-state index in [1.165, 1.54) is 5.57 Å². The number of carbonyl (C=O) groups excluding carboxylic acids is 1. The first-order valence-electron chi connectivity index (χ1n) is 12.8. The van der Waals surface area contributed by atoms with Gasteiger partial charge < -0.3 is 15.4 Å². The molecule has 0 atom stereocenters. The number of nitrogens with one attached hydrogen (secondary N) is 2. The Balaban J connectivity index is 1.40. The van der Waals surface area contributed by atoms with Gasteiger partial charge in [-0.2, -0.15) is 0 Å². The number of alkyl carbamates (subject to hydrolysis) is 1. The molecule has 3 heterocycles. The molecule has 37 heavy (non-hydrogen) atoms. The number of aromatic nitrogens is 3. The largest absolute Gasteiger partial charge is 0.444 e. The van der Waals surface area contributed by atoms with Gasteiger partial charge in [-0.1, -0.05) is 35.9 Å². The summed E-state index contributed by atoms with van der Waals surface area (Å²) in [5, 5.41) is 7.11. The van der Waals surface area contributed by atoms with Crippen LogP contribution in [0.1, 0.15) is 58.6 Å². The first-order valence-corrected chi connectivity index (χ1v) is 13.1. The molecule has 2 aliphatic carbocycles. The van der Waals surface area contributed by atoms with Crippen LogP contribution in [-0.4, -0.2) is 31.8 Å². The lowest BCUT2D eigenvalue weighted by Gasteiger charge is -2.45. The molecule has 0 bridgehead atoms. The lowest BCUT2D eigenvalue weighted by molar-refractivity contribution is 0.0419. The van der Waals surface area contributed by atoms with Crippen LogP contribution in [0.25, 0.3) is 22.6 Å². The zero-order chi connectivity index (χ0) is 25.8. The average molecular weight is 516 g/mol. The van der Waals surface area contributed by atoms with Crippen LogP contribution in [-0.2, 0) is 4.74 Å². The van der Waals surface area contributed by atoms with Crippen LogP contribution in [0.2, 0.25) is 5.15 Å². The van der Waals surface area contributed by atoms with Crippen molar-refractivity contribution < 1.29 is 9.53 Å². The topological polar surface area (TPSA) is 81.1 Å². The van der Waals surface area contributed by atoms with Crippen LogP contribution in [0.5, 0.6) is 0 Å². The summed E-state index contributed by atoms with van der Waals surface area (Å²) in [6, 6.07) is 12.0. The molecular formula is C29H30ClN5O2. The number of halogens is 1. The number of benzene rings is 1. The van der Waals surface area contributed by atoms with E-state index >= 15 is 0 Å². The van der Waals surface area contributed by atoms with Gasteiger partial charge in [0.25, 0.3) is 0 Å².